The highest BCUT2D eigenvalue weighted by Gasteiger charge is 2.15. The van der Waals surface area contributed by atoms with Crippen LogP contribution in [0.4, 0.5) is 0 Å². The Morgan fingerprint density at radius 1 is 1.00 bits per heavy atom. The molecule has 0 fully saturated rings. The van der Waals surface area contributed by atoms with Crippen molar-refractivity contribution in [3.05, 3.63) is 48.3 Å². The van der Waals surface area contributed by atoms with Crippen LogP contribution >= 0.6 is 0 Å². The number of primary sulfonamides is 1. The van der Waals surface area contributed by atoms with Gasteiger partial charge in [0.25, 0.3) is 0 Å². The van der Waals surface area contributed by atoms with E-state index < -0.39 is 10.0 Å². The maximum atomic E-state index is 11.4. The van der Waals surface area contributed by atoms with Gasteiger partial charge in [0.05, 0.1) is 24.8 Å². The molecule has 0 bridgehead atoms. The van der Waals surface area contributed by atoms with Gasteiger partial charge in [-0.1, -0.05) is 0 Å². The van der Waals surface area contributed by atoms with Crippen molar-refractivity contribution in [3.8, 4) is 28.6 Å². The molecule has 0 aliphatic carbocycles. The van der Waals surface area contributed by atoms with Crippen LogP contribution in [-0.2, 0) is 10.0 Å². The lowest BCUT2D eigenvalue weighted by Crippen LogP contribution is -2.12. The van der Waals surface area contributed by atoms with Gasteiger partial charge in [-0.25, -0.2) is 23.2 Å². The summed E-state index contributed by atoms with van der Waals surface area (Å²) in [5, 5.41) is 9.55. The molecule has 136 valence electrons. The topological polar surface area (TPSA) is 109 Å². The number of benzene rings is 2. The number of nitrogens with two attached hydrogens (primary N) is 1. The molecule has 0 saturated heterocycles. The van der Waals surface area contributed by atoms with E-state index in [1.807, 2.05) is 12.1 Å². The van der Waals surface area contributed by atoms with E-state index in [0.29, 0.717) is 28.8 Å². The fourth-order valence-corrected chi connectivity index (χ4v) is 3.01. The molecule has 0 aliphatic heterocycles. The van der Waals surface area contributed by atoms with Crippen molar-refractivity contribution < 1.29 is 17.9 Å². The van der Waals surface area contributed by atoms with Gasteiger partial charge in [-0.2, -0.15) is 5.10 Å². The van der Waals surface area contributed by atoms with Crippen LogP contribution in [0.5, 0.6) is 11.5 Å². The fraction of sp³-hybridized carbons (Fsp3) is 0.176. The number of aromatic nitrogens is 3. The molecule has 26 heavy (non-hydrogen) atoms. The monoisotopic (exact) mass is 374 g/mol. The van der Waals surface area contributed by atoms with E-state index in [9.17, 15) is 8.42 Å². The Kier molecular flexibility index (Phi) is 4.66. The summed E-state index contributed by atoms with van der Waals surface area (Å²) in [5.41, 5.74) is 1.40. The van der Waals surface area contributed by atoms with Crippen LogP contribution in [0.25, 0.3) is 17.1 Å². The highest BCUT2D eigenvalue weighted by atomic mass is 32.2. The second kappa shape index (κ2) is 6.77. The van der Waals surface area contributed by atoms with Gasteiger partial charge in [-0.15, -0.1) is 0 Å². The van der Waals surface area contributed by atoms with Crippen molar-refractivity contribution in [3.63, 3.8) is 0 Å². The van der Waals surface area contributed by atoms with Crippen LogP contribution in [0.2, 0.25) is 0 Å². The van der Waals surface area contributed by atoms with Crippen LogP contribution in [0.3, 0.4) is 0 Å². The molecule has 3 aromatic rings. The Morgan fingerprint density at radius 3 is 2.08 bits per heavy atom. The zero-order valence-electron chi connectivity index (χ0n) is 14.5. The standard InChI is InChI=1S/C17H18N4O4S/c1-11-19-17(12-8-14(24-2)10-15(9-12)25-3)21(20-11)13-4-6-16(7-5-13)26(18,22)23/h4-10H,1-3H3,(H2,18,22,23). The highest BCUT2D eigenvalue weighted by Crippen LogP contribution is 2.30. The molecule has 0 aliphatic rings. The second-order valence-electron chi connectivity index (χ2n) is 5.53. The van der Waals surface area contributed by atoms with Gasteiger partial charge in [0.2, 0.25) is 10.0 Å². The first-order valence-corrected chi connectivity index (χ1v) is 9.17. The quantitative estimate of drug-likeness (QED) is 0.730. The molecule has 1 heterocycles. The van der Waals surface area contributed by atoms with Gasteiger partial charge in [0.1, 0.15) is 17.3 Å². The van der Waals surface area contributed by atoms with Gasteiger partial charge >= 0.3 is 0 Å². The van der Waals surface area contributed by atoms with E-state index in [4.69, 9.17) is 14.6 Å². The van der Waals surface area contributed by atoms with E-state index in [1.165, 1.54) is 12.1 Å². The molecule has 8 nitrogen and oxygen atoms in total. The molecule has 0 spiro atoms. The van der Waals surface area contributed by atoms with Crippen LogP contribution in [0.15, 0.2) is 47.4 Å². The van der Waals surface area contributed by atoms with E-state index in [0.717, 1.165) is 5.56 Å². The molecular weight excluding hydrogens is 356 g/mol. The molecule has 0 radical (unpaired) electrons. The maximum Gasteiger partial charge on any atom is 0.238 e. The van der Waals surface area contributed by atoms with Crippen molar-refractivity contribution in [2.24, 2.45) is 5.14 Å². The number of hydrogen-bond acceptors (Lipinski definition) is 6. The third-order valence-corrected chi connectivity index (χ3v) is 4.66. The molecule has 3 rings (SSSR count). The minimum Gasteiger partial charge on any atom is -0.497 e. The number of hydrogen-bond donors (Lipinski definition) is 1. The molecule has 9 heteroatoms. The Bertz CT molecular complexity index is 1020. The average Bonchev–Trinajstić information content (AvgIpc) is 3.02. The number of sulfonamides is 1. The molecule has 0 saturated carbocycles. The Labute approximate surface area is 151 Å². The van der Waals surface area contributed by atoms with Crippen molar-refractivity contribution in [2.75, 3.05) is 14.2 Å². The molecule has 2 N–H and O–H groups in total. The van der Waals surface area contributed by atoms with Crippen LogP contribution in [0.1, 0.15) is 5.82 Å². The van der Waals surface area contributed by atoms with E-state index in [-0.39, 0.29) is 4.90 Å². The predicted molar refractivity (Wildman–Crippen MR) is 96.0 cm³/mol. The molecule has 0 unspecified atom stereocenters. The van der Waals surface area contributed by atoms with E-state index in [2.05, 4.69) is 10.1 Å². The van der Waals surface area contributed by atoms with Gasteiger partial charge in [0.15, 0.2) is 5.82 Å². The summed E-state index contributed by atoms with van der Waals surface area (Å²) in [7, 11) is -0.615. The molecule has 0 amide bonds. The zero-order valence-corrected chi connectivity index (χ0v) is 15.3. The predicted octanol–water partition coefficient (Wildman–Crippen LogP) is 1.91. The first-order valence-electron chi connectivity index (χ1n) is 7.62. The number of aryl methyl sites for hydroxylation is 1. The zero-order chi connectivity index (χ0) is 18.9. The van der Waals surface area contributed by atoms with Gasteiger partial charge < -0.3 is 9.47 Å². The minimum absolute atomic E-state index is 0.0303. The average molecular weight is 374 g/mol. The van der Waals surface area contributed by atoms with Crippen molar-refractivity contribution >= 4 is 10.0 Å². The van der Waals surface area contributed by atoms with Gasteiger partial charge in [-0.3, -0.25) is 0 Å². The van der Waals surface area contributed by atoms with Crippen molar-refractivity contribution in [1.82, 2.24) is 14.8 Å². The van der Waals surface area contributed by atoms with Gasteiger partial charge in [0, 0.05) is 11.6 Å². The lowest BCUT2D eigenvalue weighted by molar-refractivity contribution is 0.394. The molecule has 0 atom stereocenters. The normalized spacial score (nSPS) is 11.4. The van der Waals surface area contributed by atoms with Crippen molar-refractivity contribution in [1.29, 1.82) is 0 Å². The van der Waals surface area contributed by atoms with Crippen molar-refractivity contribution in [2.45, 2.75) is 11.8 Å². The van der Waals surface area contributed by atoms with Crippen LogP contribution < -0.4 is 14.6 Å². The summed E-state index contributed by atoms with van der Waals surface area (Å²) in [5.74, 6) is 2.38. The molecular formula is C17H18N4O4S. The number of rotatable bonds is 5. The minimum atomic E-state index is -3.76. The van der Waals surface area contributed by atoms with Crippen LogP contribution in [-0.4, -0.2) is 37.4 Å². The summed E-state index contributed by atoms with van der Waals surface area (Å²) in [6.07, 6.45) is 0. The first-order chi connectivity index (χ1) is 12.3. The molecule has 1 aromatic heterocycles. The molecule has 2 aromatic carbocycles. The lowest BCUT2D eigenvalue weighted by atomic mass is 10.2. The third-order valence-electron chi connectivity index (χ3n) is 3.73. The van der Waals surface area contributed by atoms with E-state index >= 15 is 0 Å². The summed E-state index contributed by atoms with van der Waals surface area (Å²) in [4.78, 5) is 4.51. The van der Waals surface area contributed by atoms with E-state index in [1.54, 1.807) is 44.0 Å². The maximum absolute atomic E-state index is 11.4. The Morgan fingerprint density at radius 2 is 1.58 bits per heavy atom. The summed E-state index contributed by atoms with van der Waals surface area (Å²) in [6, 6.07) is 11.5. The largest absolute Gasteiger partial charge is 0.497 e. The Hall–Kier alpha value is -2.91. The van der Waals surface area contributed by atoms with Crippen LogP contribution in [0, 0.1) is 6.92 Å². The lowest BCUT2D eigenvalue weighted by Gasteiger charge is -2.10. The first kappa shape index (κ1) is 17.9. The summed E-state index contributed by atoms with van der Waals surface area (Å²) in [6.45, 7) is 1.77. The van der Waals surface area contributed by atoms with Gasteiger partial charge in [-0.05, 0) is 43.3 Å². The SMILES string of the molecule is COc1cc(OC)cc(-c2nc(C)nn2-c2ccc(S(N)(=O)=O)cc2)c1. The number of methoxy groups -OCH3 is 2. The number of ether oxygens (including phenoxy) is 2. The highest BCUT2D eigenvalue weighted by molar-refractivity contribution is 7.89. The Balaban J connectivity index is 2.12. The second-order valence-corrected chi connectivity index (χ2v) is 7.10. The summed E-state index contributed by atoms with van der Waals surface area (Å²) >= 11 is 0. The third kappa shape index (κ3) is 3.53. The number of nitrogens with zero attached hydrogens (tertiary/aromatic N) is 3. The summed E-state index contributed by atoms with van der Waals surface area (Å²) < 4.78 is 35.1. The smallest absolute Gasteiger partial charge is 0.238 e. The fourth-order valence-electron chi connectivity index (χ4n) is 2.50.